The predicted octanol–water partition coefficient (Wildman–Crippen LogP) is -1.18. The van der Waals surface area contributed by atoms with Gasteiger partial charge in [-0.05, 0) is 19.3 Å². The fourth-order valence-corrected chi connectivity index (χ4v) is 2.41. The molecule has 1 saturated carbocycles. The molecular weight excluding hydrogens is 271 g/mol. The van der Waals surface area contributed by atoms with E-state index in [-0.39, 0.29) is 42.1 Å². The van der Waals surface area contributed by atoms with Crippen LogP contribution in [-0.4, -0.2) is 28.3 Å². The minimum Gasteiger partial charge on any atom is -0.516 e. The van der Waals surface area contributed by atoms with Gasteiger partial charge in [0.2, 0.25) is 0 Å². The Hall–Kier alpha value is -1.04. The fourth-order valence-electron chi connectivity index (χ4n) is 2.41. The maximum Gasteiger partial charge on any atom is 1.00 e. The van der Waals surface area contributed by atoms with E-state index >= 15 is 0 Å². The number of ether oxygens (including phenoxy) is 1. The summed E-state index contributed by atoms with van der Waals surface area (Å²) in [7, 11) is 0. The summed E-state index contributed by atoms with van der Waals surface area (Å²) in [5, 5.41) is 18.1. The first-order valence-corrected chi connectivity index (χ1v) is 6.14. The number of hydrogen-bond acceptors (Lipinski definition) is 3. The van der Waals surface area contributed by atoms with E-state index < -0.39 is 23.8 Å². The van der Waals surface area contributed by atoms with Gasteiger partial charge in [-0.1, -0.05) is 0 Å². The van der Waals surface area contributed by atoms with Gasteiger partial charge >= 0.3 is 41.5 Å². The smallest absolute Gasteiger partial charge is 0.516 e. The van der Waals surface area contributed by atoms with Crippen LogP contribution in [0.1, 0.15) is 19.3 Å². The summed E-state index contributed by atoms with van der Waals surface area (Å²) in [6.07, 6.45) is 0.487. The minimum absolute atomic E-state index is 0. The molecule has 0 bridgehead atoms. The molecule has 0 aliphatic heterocycles. The van der Waals surface area contributed by atoms with Gasteiger partial charge in [-0.25, -0.2) is 0 Å². The predicted molar refractivity (Wildman–Crippen MR) is 65.8 cm³/mol. The molecule has 2 N–H and O–H groups in total. The summed E-state index contributed by atoms with van der Waals surface area (Å²) < 4.78 is 5.67. The zero-order chi connectivity index (χ0) is 13.8. The third-order valence-electron chi connectivity index (χ3n) is 3.35. The van der Waals surface area contributed by atoms with Crippen LogP contribution in [0.5, 0.6) is 5.75 Å². The molecule has 6 heteroatoms. The quantitative estimate of drug-likeness (QED) is 0.538. The number of carboxylic acids is 2. The summed E-state index contributed by atoms with van der Waals surface area (Å²) >= 11 is 0. The molecule has 1 aromatic rings. The van der Waals surface area contributed by atoms with Crippen LogP contribution in [0.25, 0.3) is 0 Å². The third kappa shape index (κ3) is 4.51. The van der Waals surface area contributed by atoms with Crippen molar-refractivity contribution in [1.82, 2.24) is 0 Å². The van der Waals surface area contributed by atoms with Crippen molar-refractivity contribution in [2.45, 2.75) is 25.4 Å². The Kier molecular flexibility index (Phi) is 6.52. The van der Waals surface area contributed by atoms with E-state index in [1.165, 1.54) is 0 Å². The molecule has 0 heterocycles. The summed E-state index contributed by atoms with van der Waals surface area (Å²) in [5.41, 5.74) is 0. The topological polar surface area (TPSA) is 83.8 Å². The van der Waals surface area contributed by atoms with Gasteiger partial charge < -0.3 is 14.9 Å². The first-order chi connectivity index (χ1) is 9.06. The molecule has 2 atom stereocenters. The molecule has 1 aromatic carbocycles. The van der Waals surface area contributed by atoms with E-state index in [0.29, 0.717) is 18.6 Å². The van der Waals surface area contributed by atoms with Crippen molar-refractivity contribution in [2.24, 2.45) is 11.8 Å². The normalized spacial score (nSPS) is 25.3. The maximum atomic E-state index is 11.1. The molecule has 20 heavy (non-hydrogen) atoms. The average molecular weight is 286 g/mol. The van der Waals surface area contributed by atoms with Gasteiger partial charge in [-0.3, -0.25) is 9.59 Å². The van der Waals surface area contributed by atoms with E-state index in [1.54, 1.807) is 24.3 Å². The average Bonchev–Trinajstić information content (AvgIpc) is 2.39. The summed E-state index contributed by atoms with van der Waals surface area (Å²) in [5.74, 6) is -2.62. The molecule has 2 unspecified atom stereocenters. The fraction of sp³-hybridized carbons (Fsp3) is 0.429. The van der Waals surface area contributed by atoms with Gasteiger partial charge in [0, 0.05) is 5.75 Å². The van der Waals surface area contributed by atoms with Gasteiger partial charge in [0.1, 0.15) is 0 Å². The van der Waals surface area contributed by atoms with Crippen molar-refractivity contribution in [3.63, 3.8) is 0 Å². The molecule has 1 fully saturated rings. The van der Waals surface area contributed by atoms with Crippen LogP contribution >= 0.6 is 0 Å². The molecule has 5 nitrogen and oxygen atoms in total. The van der Waals surface area contributed by atoms with E-state index in [9.17, 15) is 9.59 Å². The van der Waals surface area contributed by atoms with E-state index in [4.69, 9.17) is 14.9 Å². The molecule has 0 saturated heterocycles. The maximum absolute atomic E-state index is 11.1. The number of hydrogen-bond donors (Lipinski definition) is 2. The molecule has 0 radical (unpaired) electrons. The molecule has 0 spiro atoms. The number of rotatable bonds is 4. The van der Waals surface area contributed by atoms with Gasteiger partial charge in [0.05, 0.1) is 17.9 Å². The van der Waals surface area contributed by atoms with Crippen LogP contribution in [0.15, 0.2) is 24.3 Å². The standard InChI is InChI=1S/C14H15O5.Na/c15-13(16)9-6-10(14(17)18)8-12(7-9)19-11-4-2-1-3-5-11;/h2-5,9-10,12H,6-8H2,(H,15,16)(H,17,18);/q-1;+1. The Labute approximate surface area is 139 Å². The second-order valence-corrected chi connectivity index (χ2v) is 4.75. The van der Waals surface area contributed by atoms with Crippen LogP contribution in [0.2, 0.25) is 0 Å². The Morgan fingerprint density at radius 1 is 1.05 bits per heavy atom. The van der Waals surface area contributed by atoms with Crippen LogP contribution in [0, 0.1) is 17.9 Å². The van der Waals surface area contributed by atoms with Crippen molar-refractivity contribution in [2.75, 3.05) is 0 Å². The Morgan fingerprint density at radius 2 is 1.55 bits per heavy atom. The van der Waals surface area contributed by atoms with Crippen molar-refractivity contribution < 1.29 is 54.1 Å². The minimum atomic E-state index is -0.957. The van der Waals surface area contributed by atoms with E-state index in [0.717, 1.165) is 0 Å². The molecule has 2 rings (SSSR count). The molecule has 0 aromatic heterocycles. The van der Waals surface area contributed by atoms with Crippen molar-refractivity contribution in [3.8, 4) is 5.75 Å². The van der Waals surface area contributed by atoms with Gasteiger partial charge in [-0.15, -0.1) is 12.1 Å². The first-order valence-electron chi connectivity index (χ1n) is 6.14. The van der Waals surface area contributed by atoms with Crippen molar-refractivity contribution in [3.05, 3.63) is 30.3 Å². The number of benzene rings is 1. The van der Waals surface area contributed by atoms with Crippen molar-refractivity contribution >= 4 is 11.9 Å². The van der Waals surface area contributed by atoms with E-state index in [2.05, 4.69) is 6.07 Å². The first kappa shape index (κ1) is 17.0. The van der Waals surface area contributed by atoms with Crippen LogP contribution in [0.4, 0.5) is 0 Å². The number of carboxylic acid groups (broad SMARTS) is 2. The second-order valence-electron chi connectivity index (χ2n) is 4.75. The van der Waals surface area contributed by atoms with Gasteiger partial charge in [-0.2, -0.15) is 18.2 Å². The summed E-state index contributed by atoms with van der Waals surface area (Å²) in [4.78, 5) is 22.1. The second kappa shape index (κ2) is 7.67. The third-order valence-corrected chi connectivity index (χ3v) is 3.35. The van der Waals surface area contributed by atoms with Crippen molar-refractivity contribution in [1.29, 1.82) is 0 Å². The monoisotopic (exact) mass is 286 g/mol. The van der Waals surface area contributed by atoms with Gasteiger partial charge in [0.15, 0.2) is 0 Å². The number of aliphatic carboxylic acids is 2. The Balaban J connectivity index is 0.00000200. The summed E-state index contributed by atoms with van der Waals surface area (Å²) in [6, 6.07) is 9.69. The Bertz CT molecular complexity index is 440. The van der Waals surface area contributed by atoms with E-state index in [1.807, 2.05) is 0 Å². The largest absolute Gasteiger partial charge is 1.00 e. The van der Waals surface area contributed by atoms with Crippen LogP contribution in [0.3, 0.4) is 0 Å². The zero-order valence-electron chi connectivity index (χ0n) is 11.3. The molecule has 102 valence electrons. The zero-order valence-corrected chi connectivity index (χ0v) is 13.3. The SMILES string of the molecule is O=C(O)C1CC(Oc2cc[c-]cc2)CC(C(=O)O)C1.[Na+]. The van der Waals surface area contributed by atoms with Crippen LogP contribution in [-0.2, 0) is 9.59 Å². The molecule has 1 aliphatic carbocycles. The summed E-state index contributed by atoms with van der Waals surface area (Å²) in [6.45, 7) is 0. The number of carbonyl (C=O) groups is 2. The Morgan fingerprint density at radius 3 is 2.00 bits per heavy atom. The molecular formula is C14H15NaO5. The van der Waals surface area contributed by atoms with Crippen LogP contribution < -0.4 is 34.3 Å². The molecule has 0 amide bonds. The molecule has 1 aliphatic rings. The van der Waals surface area contributed by atoms with Gasteiger partial charge in [0.25, 0.3) is 0 Å².